The van der Waals surface area contributed by atoms with E-state index in [4.69, 9.17) is 14.2 Å². The van der Waals surface area contributed by atoms with Gasteiger partial charge in [0.05, 0.1) is 24.4 Å². The SMILES string of the molecule is CC1=C2C(=O)[C@@H]3[C@@H](CC=C4C[C@@H](O[C@H]5O[C@H](CO)[C@@H](O)[C@H](O)[C@H]5O)CC[C@@]43C)[C@@H]2CC[C@]12O[C@@H]1C[C@H](C)CN[C@H]1[C@H]2C. The zero-order chi connectivity index (χ0) is 29.7. The number of aliphatic hydroxyl groups excluding tert-OH is 4. The molecule has 0 bridgehead atoms. The maximum Gasteiger partial charge on any atom is 0.186 e. The first-order valence-electron chi connectivity index (χ1n) is 16.3. The number of aliphatic hydroxyl groups is 4. The van der Waals surface area contributed by atoms with Gasteiger partial charge >= 0.3 is 0 Å². The van der Waals surface area contributed by atoms with Crippen molar-refractivity contribution in [2.45, 2.75) is 127 Å². The summed E-state index contributed by atoms with van der Waals surface area (Å²) >= 11 is 0. The molecule has 7 rings (SSSR count). The molecule has 0 aromatic carbocycles. The Labute approximate surface area is 248 Å². The second kappa shape index (κ2) is 10.4. The minimum Gasteiger partial charge on any atom is -0.394 e. The van der Waals surface area contributed by atoms with Crippen molar-refractivity contribution >= 4 is 5.78 Å². The number of allylic oxidation sites excluding steroid dienone is 2. The quantitative estimate of drug-likeness (QED) is 0.314. The number of hydrogen-bond donors (Lipinski definition) is 5. The zero-order valence-corrected chi connectivity index (χ0v) is 25.4. The summed E-state index contributed by atoms with van der Waals surface area (Å²) in [6.45, 7) is 9.60. The Bertz CT molecular complexity index is 1170. The third-order valence-corrected chi connectivity index (χ3v) is 12.8. The van der Waals surface area contributed by atoms with E-state index in [1.165, 1.54) is 11.1 Å². The molecule has 5 fully saturated rings. The van der Waals surface area contributed by atoms with Gasteiger partial charge in [-0.1, -0.05) is 32.4 Å². The molecule has 0 amide bonds. The summed E-state index contributed by atoms with van der Waals surface area (Å²) in [7, 11) is 0. The minimum atomic E-state index is -1.46. The van der Waals surface area contributed by atoms with Crippen LogP contribution in [-0.4, -0.2) is 93.9 Å². The van der Waals surface area contributed by atoms with Crippen LogP contribution in [0.1, 0.15) is 72.6 Å². The van der Waals surface area contributed by atoms with Crippen LogP contribution < -0.4 is 5.32 Å². The fourth-order valence-electron chi connectivity index (χ4n) is 10.4. The van der Waals surface area contributed by atoms with Gasteiger partial charge < -0.3 is 40.0 Å². The van der Waals surface area contributed by atoms with E-state index in [9.17, 15) is 25.2 Å². The Balaban J connectivity index is 1.11. The fourth-order valence-corrected chi connectivity index (χ4v) is 10.4. The fraction of sp³-hybridized carbons (Fsp3) is 0.848. The van der Waals surface area contributed by atoms with Crippen LogP contribution in [0.2, 0.25) is 0 Å². The number of ketones is 1. The number of Topliss-reactive ketones (excluding diaryl/α,β-unsaturated/α-hetero) is 1. The van der Waals surface area contributed by atoms with Crippen LogP contribution in [-0.2, 0) is 19.0 Å². The van der Waals surface area contributed by atoms with Gasteiger partial charge in [0.15, 0.2) is 12.1 Å². The third kappa shape index (κ3) is 4.14. The van der Waals surface area contributed by atoms with Crippen LogP contribution in [0.25, 0.3) is 0 Å². The summed E-state index contributed by atoms with van der Waals surface area (Å²) < 4.78 is 18.8. The van der Waals surface area contributed by atoms with E-state index in [0.29, 0.717) is 42.4 Å². The Morgan fingerprint density at radius 1 is 1.12 bits per heavy atom. The first-order valence-corrected chi connectivity index (χ1v) is 16.3. The van der Waals surface area contributed by atoms with E-state index < -0.39 is 37.3 Å². The van der Waals surface area contributed by atoms with Crippen molar-refractivity contribution in [2.24, 2.45) is 35.0 Å². The topological polar surface area (TPSA) is 138 Å². The number of ether oxygens (including phenoxy) is 3. The maximum atomic E-state index is 14.5. The molecule has 7 aliphatic rings. The van der Waals surface area contributed by atoms with Crippen LogP contribution in [0, 0.1) is 35.0 Å². The molecule has 4 aliphatic carbocycles. The van der Waals surface area contributed by atoms with Crippen molar-refractivity contribution < 1.29 is 39.4 Å². The smallest absolute Gasteiger partial charge is 0.186 e. The van der Waals surface area contributed by atoms with E-state index in [-0.39, 0.29) is 35.1 Å². The number of carbonyl (C=O) groups is 1. The van der Waals surface area contributed by atoms with E-state index in [2.05, 4.69) is 39.1 Å². The Hall–Kier alpha value is -1.17. The average Bonchev–Trinajstić information content (AvgIpc) is 3.42. The van der Waals surface area contributed by atoms with Crippen LogP contribution in [0.15, 0.2) is 22.8 Å². The lowest BCUT2D eigenvalue weighted by molar-refractivity contribution is -0.312. The molecule has 3 aliphatic heterocycles. The molecule has 9 heteroatoms. The number of fused-ring (bicyclic) bond motifs is 6. The Morgan fingerprint density at radius 3 is 2.67 bits per heavy atom. The van der Waals surface area contributed by atoms with Gasteiger partial charge in [-0.05, 0) is 87.2 Å². The maximum absolute atomic E-state index is 14.5. The van der Waals surface area contributed by atoms with E-state index in [1.54, 1.807) is 0 Å². The molecule has 0 aromatic heterocycles. The van der Waals surface area contributed by atoms with Gasteiger partial charge in [-0.3, -0.25) is 4.79 Å². The predicted molar refractivity (Wildman–Crippen MR) is 153 cm³/mol. The summed E-state index contributed by atoms with van der Waals surface area (Å²) in [5.41, 5.74) is 2.89. The highest BCUT2D eigenvalue weighted by molar-refractivity contribution is 6.02. The van der Waals surface area contributed by atoms with Gasteiger partial charge in [0.25, 0.3) is 0 Å². The van der Waals surface area contributed by atoms with Crippen LogP contribution in [0.4, 0.5) is 0 Å². The molecule has 42 heavy (non-hydrogen) atoms. The average molecular weight is 588 g/mol. The van der Waals surface area contributed by atoms with Gasteiger partial charge in [-0.2, -0.15) is 0 Å². The molecule has 5 N–H and O–H groups in total. The molecule has 2 saturated carbocycles. The summed E-state index contributed by atoms with van der Waals surface area (Å²) in [6.07, 6.45) is 1.93. The highest BCUT2D eigenvalue weighted by Crippen LogP contribution is 2.64. The van der Waals surface area contributed by atoms with Crippen LogP contribution in [0.3, 0.4) is 0 Å². The molecule has 0 unspecified atom stereocenters. The number of hydrogen-bond acceptors (Lipinski definition) is 9. The van der Waals surface area contributed by atoms with Crippen LogP contribution in [0.5, 0.6) is 0 Å². The molecule has 0 aromatic rings. The van der Waals surface area contributed by atoms with E-state index in [0.717, 1.165) is 44.2 Å². The summed E-state index contributed by atoms with van der Waals surface area (Å²) in [4.78, 5) is 14.5. The summed E-state index contributed by atoms with van der Waals surface area (Å²) in [5, 5.41) is 44.2. The molecule has 15 atom stereocenters. The third-order valence-electron chi connectivity index (χ3n) is 12.8. The molecule has 3 heterocycles. The lowest BCUT2D eigenvalue weighted by Crippen LogP contribution is -2.60. The second-order valence-electron chi connectivity index (χ2n) is 14.9. The van der Waals surface area contributed by atoms with E-state index in [1.807, 2.05) is 0 Å². The van der Waals surface area contributed by atoms with Gasteiger partial charge in [0.2, 0.25) is 0 Å². The largest absolute Gasteiger partial charge is 0.394 e. The van der Waals surface area contributed by atoms with Crippen molar-refractivity contribution in [1.82, 2.24) is 5.32 Å². The molecular weight excluding hydrogens is 538 g/mol. The summed E-state index contributed by atoms with van der Waals surface area (Å²) in [6, 6.07) is 0.344. The molecular formula is C33H49NO8. The van der Waals surface area contributed by atoms with Crippen molar-refractivity contribution in [2.75, 3.05) is 13.2 Å². The van der Waals surface area contributed by atoms with Crippen molar-refractivity contribution in [1.29, 1.82) is 0 Å². The van der Waals surface area contributed by atoms with Gasteiger partial charge in [-0.15, -0.1) is 0 Å². The monoisotopic (exact) mass is 587 g/mol. The molecule has 0 radical (unpaired) electrons. The first-order chi connectivity index (χ1) is 20.0. The second-order valence-corrected chi connectivity index (χ2v) is 14.9. The van der Waals surface area contributed by atoms with Crippen molar-refractivity contribution in [3.05, 3.63) is 22.8 Å². The van der Waals surface area contributed by atoms with Crippen LogP contribution >= 0.6 is 0 Å². The van der Waals surface area contributed by atoms with Crippen molar-refractivity contribution in [3.63, 3.8) is 0 Å². The molecule has 3 saturated heterocycles. The Kier molecular flexibility index (Phi) is 7.34. The van der Waals surface area contributed by atoms with Gasteiger partial charge in [-0.25, -0.2) is 0 Å². The highest BCUT2D eigenvalue weighted by atomic mass is 16.7. The lowest BCUT2D eigenvalue weighted by Gasteiger charge is -2.49. The predicted octanol–water partition coefficient (Wildman–Crippen LogP) is 2.01. The number of carbonyl (C=O) groups excluding carboxylic acids is 1. The number of piperidine rings is 1. The molecule has 9 nitrogen and oxygen atoms in total. The zero-order valence-electron chi connectivity index (χ0n) is 25.4. The minimum absolute atomic E-state index is 0.0482. The standard InChI is InChI=1S/C33H49NO8/c1-15-11-22-26(34-13-15)17(3)33(42-22)10-8-20-21-6-5-18-12-19(40-31-30(39)29(38)27(36)23(14-35)41-31)7-9-32(18,4)25(21)28(37)24(20)16(33)2/h5,15,17,19-23,25-27,29-31,34-36,38-39H,6-14H2,1-4H3/t15-,17+,19-,20-,21-,22+,23+,25-,26-,27+,29-,30+,31-,32-,33-/m0/s1. The van der Waals surface area contributed by atoms with Gasteiger partial charge in [0, 0.05) is 23.5 Å². The number of nitrogens with one attached hydrogen (secondary N) is 1. The van der Waals surface area contributed by atoms with E-state index >= 15 is 0 Å². The number of rotatable bonds is 3. The highest BCUT2D eigenvalue weighted by Gasteiger charge is 2.63. The van der Waals surface area contributed by atoms with Gasteiger partial charge in [0.1, 0.15) is 24.4 Å². The lowest BCUT2D eigenvalue weighted by atomic mass is 9.56. The summed E-state index contributed by atoms with van der Waals surface area (Å²) in [5.74, 6) is 1.81. The Morgan fingerprint density at radius 2 is 1.90 bits per heavy atom. The van der Waals surface area contributed by atoms with Crippen molar-refractivity contribution in [3.8, 4) is 0 Å². The normalized spacial score (nSPS) is 53.9. The molecule has 1 spiro atoms. The first kappa shape index (κ1) is 29.5. The molecule has 234 valence electrons.